The van der Waals surface area contributed by atoms with E-state index in [0.717, 1.165) is 37.9 Å². The highest BCUT2D eigenvalue weighted by atomic mass is 16.5. The van der Waals surface area contributed by atoms with Crippen molar-refractivity contribution in [1.29, 1.82) is 0 Å². The molecular weight excluding hydrogens is 350 g/mol. The standard InChI is InChI=1S/C23H29N3O2/c27-23(18-28-22-8-2-1-3-9-22)24-19-10-12-21(13-11-19)26-16-14-25(15-17-26)20-6-4-5-7-20/h1-3,8-13,20H,4-7,14-18H2,(H,24,27). The third-order valence-corrected chi connectivity index (χ3v) is 5.78. The fourth-order valence-corrected chi connectivity index (χ4v) is 4.23. The molecule has 1 aliphatic carbocycles. The first-order chi connectivity index (χ1) is 13.8. The molecular formula is C23H29N3O2. The van der Waals surface area contributed by atoms with Crippen LogP contribution in [0.1, 0.15) is 25.7 Å². The Kier molecular flexibility index (Phi) is 6.12. The first-order valence-electron chi connectivity index (χ1n) is 10.3. The molecule has 28 heavy (non-hydrogen) atoms. The molecule has 0 bridgehead atoms. The van der Waals surface area contributed by atoms with E-state index in [4.69, 9.17) is 4.74 Å². The summed E-state index contributed by atoms with van der Waals surface area (Å²) in [6, 6.07) is 18.3. The highest BCUT2D eigenvalue weighted by Crippen LogP contribution is 2.26. The smallest absolute Gasteiger partial charge is 0.262 e. The Labute approximate surface area is 167 Å². The van der Waals surface area contributed by atoms with Gasteiger partial charge in [0.25, 0.3) is 5.91 Å². The van der Waals surface area contributed by atoms with Crippen molar-refractivity contribution in [2.45, 2.75) is 31.7 Å². The van der Waals surface area contributed by atoms with Gasteiger partial charge in [0.05, 0.1) is 0 Å². The number of piperazine rings is 1. The highest BCUT2D eigenvalue weighted by molar-refractivity contribution is 5.92. The number of nitrogens with one attached hydrogen (secondary N) is 1. The maximum absolute atomic E-state index is 12.1. The summed E-state index contributed by atoms with van der Waals surface area (Å²) in [6.07, 6.45) is 5.55. The zero-order chi connectivity index (χ0) is 19.2. The molecule has 0 unspecified atom stereocenters. The summed E-state index contributed by atoms with van der Waals surface area (Å²) in [5.74, 6) is 0.548. The summed E-state index contributed by atoms with van der Waals surface area (Å²) in [5, 5.41) is 2.90. The third-order valence-electron chi connectivity index (χ3n) is 5.78. The average molecular weight is 380 g/mol. The van der Waals surface area contributed by atoms with Gasteiger partial charge in [-0.05, 0) is 49.2 Å². The van der Waals surface area contributed by atoms with E-state index in [1.54, 1.807) is 0 Å². The zero-order valence-corrected chi connectivity index (χ0v) is 16.3. The summed E-state index contributed by atoms with van der Waals surface area (Å²) >= 11 is 0. The SMILES string of the molecule is O=C(COc1ccccc1)Nc1ccc(N2CCN(C3CCCC3)CC2)cc1. The van der Waals surface area contributed by atoms with Crippen molar-refractivity contribution in [2.24, 2.45) is 0 Å². The monoisotopic (exact) mass is 379 g/mol. The number of benzene rings is 2. The molecule has 1 N–H and O–H groups in total. The number of anilines is 2. The van der Waals surface area contributed by atoms with E-state index in [-0.39, 0.29) is 12.5 Å². The molecule has 0 aromatic heterocycles. The van der Waals surface area contributed by atoms with Crippen molar-refractivity contribution in [3.05, 3.63) is 54.6 Å². The molecule has 2 fully saturated rings. The lowest BCUT2D eigenvalue weighted by Gasteiger charge is -2.39. The molecule has 0 atom stereocenters. The number of hydrogen-bond donors (Lipinski definition) is 1. The number of rotatable bonds is 6. The third kappa shape index (κ3) is 4.84. The Bertz CT molecular complexity index is 749. The first-order valence-corrected chi connectivity index (χ1v) is 10.3. The van der Waals surface area contributed by atoms with E-state index in [1.165, 1.54) is 31.4 Å². The molecule has 1 saturated carbocycles. The molecule has 1 saturated heterocycles. The quantitative estimate of drug-likeness (QED) is 0.830. The fourth-order valence-electron chi connectivity index (χ4n) is 4.23. The van der Waals surface area contributed by atoms with Crippen LogP contribution in [0.5, 0.6) is 5.75 Å². The molecule has 5 nitrogen and oxygen atoms in total. The van der Waals surface area contributed by atoms with Crippen LogP contribution < -0.4 is 15.0 Å². The van der Waals surface area contributed by atoms with E-state index >= 15 is 0 Å². The zero-order valence-electron chi connectivity index (χ0n) is 16.3. The minimum absolute atomic E-state index is 0.00882. The van der Waals surface area contributed by atoms with Crippen molar-refractivity contribution >= 4 is 17.3 Å². The summed E-state index contributed by atoms with van der Waals surface area (Å²) < 4.78 is 5.49. The largest absolute Gasteiger partial charge is 0.484 e. The van der Waals surface area contributed by atoms with Crippen LogP contribution in [0.25, 0.3) is 0 Å². The predicted molar refractivity (Wildman–Crippen MR) is 113 cm³/mol. The molecule has 0 radical (unpaired) electrons. The van der Waals surface area contributed by atoms with Gasteiger partial charge in [-0.1, -0.05) is 31.0 Å². The molecule has 2 aromatic carbocycles. The highest BCUT2D eigenvalue weighted by Gasteiger charge is 2.26. The van der Waals surface area contributed by atoms with Gasteiger partial charge in [0, 0.05) is 43.6 Å². The van der Waals surface area contributed by atoms with Crippen LogP contribution in [0.4, 0.5) is 11.4 Å². The number of carbonyl (C=O) groups is 1. The predicted octanol–water partition coefficient (Wildman–Crippen LogP) is 3.77. The number of ether oxygens (including phenoxy) is 1. The van der Waals surface area contributed by atoms with Gasteiger partial charge in [-0.3, -0.25) is 9.69 Å². The van der Waals surface area contributed by atoms with Crippen LogP contribution in [0, 0.1) is 0 Å². The topological polar surface area (TPSA) is 44.8 Å². The lowest BCUT2D eigenvalue weighted by atomic mass is 10.1. The number of hydrogen-bond acceptors (Lipinski definition) is 4. The Morgan fingerprint density at radius 1 is 0.929 bits per heavy atom. The number of amides is 1. The second-order valence-corrected chi connectivity index (χ2v) is 7.66. The minimum atomic E-state index is -0.151. The van der Waals surface area contributed by atoms with Crippen LogP contribution in [0.15, 0.2) is 54.6 Å². The van der Waals surface area contributed by atoms with Gasteiger partial charge in [0.1, 0.15) is 5.75 Å². The minimum Gasteiger partial charge on any atom is -0.484 e. The summed E-state index contributed by atoms with van der Waals surface area (Å²) in [7, 11) is 0. The Balaban J connectivity index is 1.24. The molecule has 148 valence electrons. The normalized spacial score (nSPS) is 18.2. The van der Waals surface area contributed by atoms with E-state index in [9.17, 15) is 4.79 Å². The van der Waals surface area contributed by atoms with Gasteiger partial charge in [0.2, 0.25) is 0 Å². The van der Waals surface area contributed by atoms with Crippen LogP contribution >= 0.6 is 0 Å². The summed E-state index contributed by atoms with van der Waals surface area (Å²) in [4.78, 5) is 17.2. The lowest BCUT2D eigenvalue weighted by Crippen LogP contribution is -2.49. The van der Waals surface area contributed by atoms with Crippen LogP contribution in [0.2, 0.25) is 0 Å². The van der Waals surface area contributed by atoms with Gasteiger partial charge in [0.15, 0.2) is 6.61 Å². The van der Waals surface area contributed by atoms with Crippen LogP contribution in [-0.4, -0.2) is 49.6 Å². The van der Waals surface area contributed by atoms with Gasteiger partial charge < -0.3 is 15.0 Å². The Morgan fingerprint density at radius 2 is 1.61 bits per heavy atom. The van der Waals surface area contributed by atoms with E-state index in [1.807, 2.05) is 42.5 Å². The lowest BCUT2D eigenvalue weighted by molar-refractivity contribution is -0.118. The van der Waals surface area contributed by atoms with Gasteiger partial charge in [-0.15, -0.1) is 0 Å². The molecule has 0 spiro atoms. The second kappa shape index (κ2) is 9.11. The molecule has 5 heteroatoms. The van der Waals surface area contributed by atoms with Crippen molar-refractivity contribution in [2.75, 3.05) is 43.0 Å². The van der Waals surface area contributed by atoms with Gasteiger partial charge >= 0.3 is 0 Å². The average Bonchev–Trinajstić information content (AvgIpc) is 3.29. The van der Waals surface area contributed by atoms with Crippen molar-refractivity contribution in [3.63, 3.8) is 0 Å². The molecule has 2 aromatic rings. The molecule has 2 aliphatic rings. The molecule has 1 amide bonds. The first kappa shape index (κ1) is 18.8. The Hall–Kier alpha value is -2.53. The number of nitrogens with zero attached hydrogens (tertiary/aromatic N) is 2. The van der Waals surface area contributed by atoms with Crippen molar-refractivity contribution in [3.8, 4) is 5.75 Å². The fraction of sp³-hybridized carbons (Fsp3) is 0.435. The number of para-hydroxylation sites is 1. The maximum Gasteiger partial charge on any atom is 0.262 e. The van der Waals surface area contributed by atoms with Crippen molar-refractivity contribution < 1.29 is 9.53 Å². The maximum atomic E-state index is 12.1. The number of carbonyl (C=O) groups excluding carboxylic acids is 1. The molecule has 1 heterocycles. The van der Waals surface area contributed by atoms with E-state index in [2.05, 4.69) is 27.2 Å². The van der Waals surface area contributed by atoms with Gasteiger partial charge in [-0.25, -0.2) is 0 Å². The molecule has 4 rings (SSSR count). The van der Waals surface area contributed by atoms with Crippen LogP contribution in [0.3, 0.4) is 0 Å². The molecule has 1 aliphatic heterocycles. The van der Waals surface area contributed by atoms with Crippen LogP contribution in [-0.2, 0) is 4.79 Å². The van der Waals surface area contributed by atoms with Crippen molar-refractivity contribution in [1.82, 2.24) is 4.90 Å². The summed E-state index contributed by atoms with van der Waals surface area (Å²) in [6.45, 7) is 4.47. The Morgan fingerprint density at radius 3 is 2.29 bits per heavy atom. The second-order valence-electron chi connectivity index (χ2n) is 7.66. The van der Waals surface area contributed by atoms with E-state index in [0.29, 0.717) is 5.75 Å². The van der Waals surface area contributed by atoms with Gasteiger partial charge in [-0.2, -0.15) is 0 Å². The van der Waals surface area contributed by atoms with E-state index < -0.39 is 0 Å². The summed E-state index contributed by atoms with van der Waals surface area (Å²) in [5.41, 5.74) is 2.03.